The number of carbonyl (C=O) groups excluding carboxylic acids is 1. The Kier molecular flexibility index (Phi) is 5.76. The number of hydrogen-bond acceptors (Lipinski definition) is 4. The Balaban J connectivity index is 1.88. The maximum Gasteiger partial charge on any atom is 0.238 e. The van der Waals surface area contributed by atoms with E-state index in [1.54, 1.807) is 0 Å². The van der Waals surface area contributed by atoms with Crippen LogP contribution in [0.3, 0.4) is 0 Å². The van der Waals surface area contributed by atoms with E-state index in [2.05, 4.69) is 38.9 Å². The molecule has 1 saturated heterocycles. The highest BCUT2D eigenvalue weighted by Crippen LogP contribution is 2.17. The zero-order valence-electron chi connectivity index (χ0n) is 11.6. The molecule has 0 aromatic heterocycles. The summed E-state index contributed by atoms with van der Waals surface area (Å²) in [7, 11) is 0. The lowest BCUT2D eigenvalue weighted by Gasteiger charge is -2.31. The second kappa shape index (κ2) is 7.35. The van der Waals surface area contributed by atoms with E-state index < -0.39 is 0 Å². The Morgan fingerprint density at radius 1 is 1.60 bits per heavy atom. The minimum atomic E-state index is 0.00646. The van der Waals surface area contributed by atoms with Crippen molar-refractivity contribution < 1.29 is 9.53 Å². The van der Waals surface area contributed by atoms with Crippen LogP contribution in [0.1, 0.15) is 5.56 Å². The predicted molar refractivity (Wildman–Crippen MR) is 87.8 cm³/mol. The minimum absolute atomic E-state index is 0.00646. The van der Waals surface area contributed by atoms with E-state index in [0.29, 0.717) is 19.7 Å². The number of ether oxygens (including phenoxy) is 1. The minimum Gasteiger partial charge on any atom is -0.374 e. The molecule has 3 N–H and O–H groups in total. The van der Waals surface area contributed by atoms with Gasteiger partial charge < -0.3 is 15.8 Å². The van der Waals surface area contributed by atoms with Crippen LogP contribution in [0, 0.1) is 10.5 Å². The predicted octanol–water partition coefficient (Wildman–Crippen LogP) is 1.20. The third-order valence-corrected chi connectivity index (χ3v) is 3.99. The number of carbonyl (C=O) groups is 1. The van der Waals surface area contributed by atoms with Crippen molar-refractivity contribution in [3.8, 4) is 0 Å². The number of amides is 1. The average Bonchev–Trinajstić information content (AvgIpc) is 2.42. The summed E-state index contributed by atoms with van der Waals surface area (Å²) in [6.07, 6.45) is 0.0385. The molecule has 6 heteroatoms. The molecule has 0 aliphatic carbocycles. The molecule has 0 bridgehead atoms. The lowest BCUT2D eigenvalue weighted by Crippen LogP contribution is -2.48. The summed E-state index contributed by atoms with van der Waals surface area (Å²) in [5.41, 5.74) is 7.55. The van der Waals surface area contributed by atoms with Crippen LogP contribution >= 0.6 is 22.6 Å². The second-order valence-electron chi connectivity index (χ2n) is 4.97. The van der Waals surface area contributed by atoms with Gasteiger partial charge in [-0.1, -0.05) is 0 Å². The van der Waals surface area contributed by atoms with Gasteiger partial charge in [0.1, 0.15) is 0 Å². The van der Waals surface area contributed by atoms with Gasteiger partial charge in [-0.05, 0) is 53.3 Å². The molecule has 1 aromatic carbocycles. The first kappa shape index (κ1) is 15.7. The van der Waals surface area contributed by atoms with Gasteiger partial charge in [0.2, 0.25) is 5.91 Å². The van der Waals surface area contributed by atoms with Gasteiger partial charge >= 0.3 is 0 Å². The highest BCUT2D eigenvalue weighted by atomic mass is 127. The molecule has 1 aliphatic rings. The van der Waals surface area contributed by atoms with Crippen LogP contribution in [0.4, 0.5) is 5.69 Å². The molecule has 1 heterocycles. The molecule has 1 unspecified atom stereocenters. The molecular formula is C14H20IN3O2. The van der Waals surface area contributed by atoms with Crippen molar-refractivity contribution in [1.82, 2.24) is 4.90 Å². The van der Waals surface area contributed by atoms with Gasteiger partial charge in [0.25, 0.3) is 0 Å². The summed E-state index contributed by atoms with van der Waals surface area (Å²) < 4.78 is 6.65. The van der Waals surface area contributed by atoms with Gasteiger partial charge in [-0.2, -0.15) is 0 Å². The third-order valence-electron chi connectivity index (χ3n) is 3.32. The quantitative estimate of drug-likeness (QED) is 0.760. The normalized spacial score (nSPS) is 19.9. The second-order valence-corrected chi connectivity index (χ2v) is 6.22. The fraction of sp³-hybridized carbons (Fsp3) is 0.500. The van der Waals surface area contributed by atoms with Crippen molar-refractivity contribution in [3.63, 3.8) is 0 Å². The maximum atomic E-state index is 12.1. The largest absolute Gasteiger partial charge is 0.374 e. The molecule has 0 spiro atoms. The molecule has 1 amide bonds. The summed E-state index contributed by atoms with van der Waals surface area (Å²) in [5, 5.41) is 2.96. The Hall–Kier alpha value is -0.700. The van der Waals surface area contributed by atoms with Gasteiger partial charge in [0.05, 0.1) is 19.3 Å². The Bertz CT molecular complexity index is 481. The van der Waals surface area contributed by atoms with Crippen molar-refractivity contribution in [2.75, 3.05) is 38.1 Å². The summed E-state index contributed by atoms with van der Waals surface area (Å²) in [6, 6.07) is 5.98. The molecule has 1 atom stereocenters. The summed E-state index contributed by atoms with van der Waals surface area (Å²) in [6.45, 7) is 5.00. The number of aryl methyl sites for hydroxylation is 1. The van der Waals surface area contributed by atoms with E-state index in [1.165, 1.54) is 0 Å². The number of morpholine rings is 1. The topological polar surface area (TPSA) is 67.6 Å². The van der Waals surface area contributed by atoms with Crippen LogP contribution in [0.2, 0.25) is 0 Å². The van der Waals surface area contributed by atoms with Crippen molar-refractivity contribution >= 4 is 34.2 Å². The third kappa shape index (κ3) is 4.41. The number of halogens is 1. The van der Waals surface area contributed by atoms with Crippen LogP contribution in [0.5, 0.6) is 0 Å². The number of benzene rings is 1. The maximum absolute atomic E-state index is 12.1. The van der Waals surface area contributed by atoms with Crippen molar-refractivity contribution in [2.24, 2.45) is 5.73 Å². The first-order valence-electron chi connectivity index (χ1n) is 6.68. The number of hydrogen-bond donors (Lipinski definition) is 2. The molecule has 110 valence electrons. The van der Waals surface area contributed by atoms with E-state index in [1.807, 2.05) is 19.1 Å². The lowest BCUT2D eigenvalue weighted by atomic mass is 10.2. The zero-order valence-corrected chi connectivity index (χ0v) is 13.7. The molecular weight excluding hydrogens is 369 g/mol. The first-order chi connectivity index (χ1) is 9.58. The van der Waals surface area contributed by atoms with Crippen LogP contribution in [0.25, 0.3) is 0 Å². The molecule has 1 aliphatic heterocycles. The lowest BCUT2D eigenvalue weighted by molar-refractivity contribution is -0.119. The van der Waals surface area contributed by atoms with Gasteiger partial charge in [0, 0.05) is 28.9 Å². The van der Waals surface area contributed by atoms with Crippen molar-refractivity contribution in [2.45, 2.75) is 13.0 Å². The fourth-order valence-electron chi connectivity index (χ4n) is 2.23. The molecule has 2 rings (SSSR count). The van der Waals surface area contributed by atoms with Gasteiger partial charge in [-0.15, -0.1) is 0 Å². The Morgan fingerprint density at radius 3 is 3.10 bits per heavy atom. The summed E-state index contributed by atoms with van der Waals surface area (Å²) in [4.78, 5) is 14.2. The molecule has 1 aromatic rings. The molecule has 0 radical (unpaired) electrons. The SMILES string of the molecule is Cc1cc(I)ccc1NC(=O)CN1CCOC(CN)C1. The molecule has 0 saturated carbocycles. The molecule has 20 heavy (non-hydrogen) atoms. The Labute approximate surface area is 133 Å². The number of nitrogens with one attached hydrogen (secondary N) is 1. The van der Waals surface area contributed by atoms with Crippen LogP contribution in [-0.4, -0.2) is 49.7 Å². The van der Waals surface area contributed by atoms with E-state index >= 15 is 0 Å². The van der Waals surface area contributed by atoms with E-state index in [-0.39, 0.29) is 12.0 Å². The monoisotopic (exact) mass is 389 g/mol. The van der Waals surface area contributed by atoms with Crippen LogP contribution < -0.4 is 11.1 Å². The van der Waals surface area contributed by atoms with E-state index in [0.717, 1.165) is 27.9 Å². The number of rotatable bonds is 4. The number of nitrogens with zero attached hydrogens (tertiary/aromatic N) is 1. The van der Waals surface area contributed by atoms with Crippen molar-refractivity contribution in [1.29, 1.82) is 0 Å². The van der Waals surface area contributed by atoms with Gasteiger partial charge in [-0.3, -0.25) is 9.69 Å². The highest BCUT2D eigenvalue weighted by Gasteiger charge is 2.21. The van der Waals surface area contributed by atoms with Gasteiger partial charge in [0.15, 0.2) is 0 Å². The number of anilines is 1. The zero-order chi connectivity index (χ0) is 14.5. The average molecular weight is 389 g/mol. The number of nitrogens with two attached hydrogens (primary N) is 1. The first-order valence-corrected chi connectivity index (χ1v) is 7.76. The Morgan fingerprint density at radius 2 is 2.40 bits per heavy atom. The van der Waals surface area contributed by atoms with E-state index in [9.17, 15) is 4.79 Å². The summed E-state index contributed by atoms with van der Waals surface area (Å²) in [5.74, 6) is 0.00646. The van der Waals surface area contributed by atoms with E-state index in [4.69, 9.17) is 10.5 Å². The fourth-order valence-corrected chi connectivity index (χ4v) is 2.87. The smallest absolute Gasteiger partial charge is 0.238 e. The van der Waals surface area contributed by atoms with Crippen LogP contribution in [-0.2, 0) is 9.53 Å². The van der Waals surface area contributed by atoms with Crippen LogP contribution in [0.15, 0.2) is 18.2 Å². The highest BCUT2D eigenvalue weighted by molar-refractivity contribution is 14.1. The molecule has 1 fully saturated rings. The van der Waals surface area contributed by atoms with Gasteiger partial charge in [-0.25, -0.2) is 0 Å². The standard InChI is InChI=1S/C14H20IN3O2/c1-10-6-11(15)2-3-13(10)17-14(19)9-18-4-5-20-12(7-16)8-18/h2-3,6,12H,4-5,7-9,16H2,1H3,(H,17,19). The molecule has 5 nitrogen and oxygen atoms in total. The van der Waals surface area contributed by atoms with Crippen molar-refractivity contribution in [3.05, 3.63) is 27.3 Å². The summed E-state index contributed by atoms with van der Waals surface area (Å²) >= 11 is 2.26.